The molecule has 0 aliphatic heterocycles. The first-order chi connectivity index (χ1) is 15.1. The molecule has 0 amide bonds. The van der Waals surface area contributed by atoms with Crippen molar-refractivity contribution in [3.63, 3.8) is 0 Å². The van der Waals surface area contributed by atoms with Gasteiger partial charge >= 0.3 is 0 Å². The second kappa shape index (κ2) is 12.6. The van der Waals surface area contributed by atoms with E-state index in [0.29, 0.717) is 0 Å². The van der Waals surface area contributed by atoms with Gasteiger partial charge in [-0.2, -0.15) is 20.2 Å². The van der Waals surface area contributed by atoms with Crippen LogP contribution in [0.15, 0.2) is 66.1 Å². The normalized spacial score (nSPS) is 14.5. The second-order valence-electron chi connectivity index (χ2n) is 9.35. The van der Waals surface area contributed by atoms with Gasteiger partial charge in [0.15, 0.2) is 0 Å². The van der Waals surface area contributed by atoms with Crippen molar-refractivity contribution >= 4 is 21.9 Å². The van der Waals surface area contributed by atoms with Crippen LogP contribution in [0, 0.1) is 11.3 Å². The van der Waals surface area contributed by atoms with Crippen LogP contribution in [0.5, 0.6) is 0 Å². The summed E-state index contributed by atoms with van der Waals surface area (Å²) < 4.78 is 29.7. The number of thioether (sulfide) groups is 1. The Hall–Kier alpha value is -1.60. The summed E-state index contributed by atoms with van der Waals surface area (Å²) in [6, 6.07) is 18.3. The molecule has 4 nitrogen and oxygen atoms in total. The first-order valence-electron chi connectivity index (χ1n) is 11.0. The fourth-order valence-electron chi connectivity index (χ4n) is 3.04. The van der Waals surface area contributed by atoms with Crippen LogP contribution in [-0.4, -0.2) is 25.4 Å². The minimum Gasteiger partial charge on any atom is -0.392 e. The molecule has 2 aromatic rings. The lowest BCUT2D eigenvalue weighted by Gasteiger charge is -2.22. The predicted molar refractivity (Wildman–Crippen MR) is 135 cm³/mol. The zero-order valence-electron chi connectivity index (χ0n) is 19.5. The molecule has 0 aliphatic rings. The fraction of sp³-hybridized carbons (Fsp3) is 0.462. The smallest absolute Gasteiger partial charge is 0.289 e. The maximum Gasteiger partial charge on any atom is 0.289 e. The quantitative estimate of drug-likeness (QED) is 0.383. The Morgan fingerprint density at radius 3 is 2.22 bits per heavy atom. The average molecular weight is 477 g/mol. The summed E-state index contributed by atoms with van der Waals surface area (Å²) in [6.07, 6.45) is 3.64. The summed E-state index contributed by atoms with van der Waals surface area (Å²) in [5.74, 6) is 0.893. The number of allylic oxidation sites excluding steroid dienone is 1. The Balaban J connectivity index is 2.05. The number of rotatable bonds is 12. The van der Waals surface area contributed by atoms with E-state index >= 15 is 0 Å². The number of aryl methyl sites for hydroxylation is 1. The molecule has 0 spiro atoms. The Labute approximate surface area is 198 Å². The van der Waals surface area contributed by atoms with E-state index in [4.69, 9.17) is 4.18 Å². The van der Waals surface area contributed by atoms with Gasteiger partial charge in [0.25, 0.3) is 10.1 Å². The van der Waals surface area contributed by atoms with E-state index < -0.39 is 10.1 Å². The minimum absolute atomic E-state index is 0.0424. The van der Waals surface area contributed by atoms with Gasteiger partial charge in [0.05, 0.1) is 18.6 Å². The van der Waals surface area contributed by atoms with Crippen molar-refractivity contribution in [2.75, 3.05) is 6.61 Å². The molecule has 6 heteroatoms. The van der Waals surface area contributed by atoms with Crippen molar-refractivity contribution in [1.82, 2.24) is 0 Å². The van der Waals surface area contributed by atoms with E-state index in [9.17, 15) is 13.5 Å². The first kappa shape index (κ1) is 26.7. The molecule has 0 aromatic heterocycles. The predicted octanol–water partition coefficient (Wildman–Crippen LogP) is 5.96. The molecule has 0 saturated heterocycles. The van der Waals surface area contributed by atoms with E-state index in [0.717, 1.165) is 24.2 Å². The number of aliphatic hydroxyl groups is 1. The number of benzene rings is 2. The largest absolute Gasteiger partial charge is 0.392 e. The van der Waals surface area contributed by atoms with Crippen molar-refractivity contribution in [2.45, 2.75) is 58.1 Å². The zero-order chi connectivity index (χ0) is 23.6. The van der Waals surface area contributed by atoms with Gasteiger partial charge in [-0.15, -0.1) is 0 Å². The van der Waals surface area contributed by atoms with Gasteiger partial charge in [0.2, 0.25) is 0 Å². The van der Waals surface area contributed by atoms with Gasteiger partial charge in [-0.25, -0.2) is 0 Å². The van der Waals surface area contributed by atoms with E-state index in [1.165, 1.54) is 16.5 Å². The van der Waals surface area contributed by atoms with Gasteiger partial charge in [-0.1, -0.05) is 88.4 Å². The molecule has 0 unspecified atom stereocenters. The van der Waals surface area contributed by atoms with Crippen LogP contribution < -0.4 is 0 Å². The number of aliphatic hydroxyl groups excluding tert-OH is 1. The highest BCUT2D eigenvalue weighted by molar-refractivity contribution is 7.99. The van der Waals surface area contributed by atoms with Gasteiger partial charge in [-0.05, 0) is 40.9 Å². The summed E-state index contributed by atoms with van der Waals surface area (Å²) in [5.41, 5.74) is 3.15. The maximum atomic E-state index is 12.3. The van der Waals surface area contributed by atoms with Gasteiger partial charge in [0.1, 0.15) is 0 Å². The van der Waals surface area contributed by atoms with Crippen LogP contribution >= 0.6 is 11.8 Å². The summed E-state index contributed by atoms with van der Waals surface area (Å²) in [7, 11) is -3.70. The number of hydrogen-bond acceptors (Lipinski definition) is 5. The SMILES string of the molecule is C[C@@H](/C=C/S(=O)(=O)OCC(C)(C)C)[C@@H](CCc1ccccc1)SCc1ccc(CO)cc1. The highest BCUT2D eigenvalue weighted by atomic mass is 32.2. The third kappa shape index (κ3) is 10.3. The third-order valence-electron chi connectivity index (χ3n) is 5.02. The molecule has 176 valence electrons. The van der Waals surface area contributed by atoms with E-state index in [1.54, 1.807) is 6.08 Å². The molecular formula is C26H36O4S2. The van der Waals surface area contributed by atoms with Gasteiger partial charge < -0.3 is 5.11 Å². The molecule has 2 atom stereocenters. The van der Waals surface area contributed by atoms with Crippen LogP contribution in [0.2, 0.25) is 0 Å². The molecule has 0 heterocycles. The molecule has 32 heavy (non-hydrogen) atoms. The molecule has 0 saturated carbocycles. The minimum atomic E-state index is -3.70. The van der Waals surface area contributed by atoms with Crippen molar-refractivity contribution < 1.29 is 17.7 Å². The molecule has 0 bridgehead atoms. The van der Waals surface area contributed by atoms with Crippen molar-refractivity contribution in [3.8, 4) is 0 Å². The lowest BCUT2D eigenvalue weighted by Crippen LogP contribution is -2.18. The highest BCUT2D eigenvalue weighted by Crippen LogP contribution is 2.29. The summed E-state index contributed by atoms with van der Waals surface area (Å²) in [6.45, 7) is 8.09. The lowest BCUT2D eigenvalue weighted by molar-refractivity contribution is 0.206. The van der Waals surface area contributed by atoms with Gasteiger partial charge in [-0.3, -0.25) is 4.18 Å². The van der Waals surface area contributed by atoms with Crippen LogP contribution in [0.3, 0.4) is 0 Å². The molecule has 0 fully saturated rings. The Kier molecular flexibility index (Phi) is 10.5. The molecule has 0 aliphatic carbocycles. The topological polar surface area (TPSA) is 63.6 Å². The molecule has 1 N–H and O–H groups in total. The first-order valence-corrected chi connectivity index (χ1v) is 13.5. The summed E-state index contributed by atoms with van der Waals surface area (Å²) in [5, 5.41) is 10.7. The van der Waals surface area contributed by atoms with Crippen LogP contribution in [0.1, 0.15) is 50.8 Å². The lowest BCUT2D eigenvalue weighted by atomic mass is 9.99. The molecular weight excluding hydrogens is 440 g/mol. The molecule has 2 rings (SSSR count). The molecule has 0 radical (unpaired) electrons. The summed E-state index contributed by atoms with van der Waals surface area (Å²) in [4.78, 5) is 0. The number of hydrogen-bond donors (Lipinski definition) is 1. The average Bonchev–Trinajstić information content (AvgIpc) is 2.77. The third-order valence-corrected chi connectivity index (χ3v) is 7.55. The van der Waals surface area contributed by atoms with E-state index in [2.05, 4.69) is 19.1 Å². The van der Waals surface area contributed by atoms with Crippen molar-refractivity contribution in [3.05, 3.63) is 82.8 Å². The molecule has 2 aromatic carbocycles. The van der Waals surface area contributed by atoms with Crippen molar-refractivity contribution in [2.24, 2.45) is 11.3 Å². The second-order valence-corrected chi connectivity index (χ2v) is 12.1. The highest BCUT2D eigenvalue weighted by Gasteiger charge is 2.19. The fourth-order valence-corrected chi connectivity index (χ4v) is 5.35. The Morgan fingerprint density at radius 2 is 1.62 bits per heavy atom. The Bertz CT molecular complexity index is 930. The monoisotopic (exact) mass is 476 g/mol. The van der Waals surface area contributed by atoms with Crippen LogP contribution in [0.4, 0.5) is 0 Å². The van der Waals surface area contributed by atoms with Crippen LogP contribution in [0.25, 0.3) is 0 Å². The van der Waals surface area contributed by atoms with Crippen molar-refractivity contribution in [1.29, 1.82) is 0 Å². The maximum absolute atomic E-state index is 12.3. The summed E-state index contributed by atoms with van der Waals surface area (Å²) >= 11 is 1.83. The Morgan fingerprint density at radius 1 is 1.00 bits per heavy atom. The van der Waals surface area contributed by atoms with E-state index in [1.807, 2.05) is 75.0 Å². The van der Waals surface area contributed by atoms with Gasteiger partial charge in [0, 0.05) is 11.0 Å². The van der Waals surface area contributed by atoms with Crippen LogP contribution in [-0.2, 0) is 33.1 Å². The standard InChI is InChI=1S/C26H36O4S2/c1-21(16-17-32(28,29)30-20-26(2,3)4)25(15-14-22-8-6-5-7-9-22)31-19-24-12-10-23(18-27)11-13-24/h5-13,16-17,21,25,27H,14-15,18-20H2,1-4H3/b17-16+/t21-,25+/m0/s1. The zero-order valence-corrected chi connectivity index (χ0v) is 21.2. The van der Waals surface area contributed by atoms with E-state index in [-0.39, 0.29) is 29.8 Å².